The van der Waals surface area contributed by atoms with Gasteiger partial charge in [0.15, 0.2) is 0 Å². The van der Waals surface area contributed by atoms with E-state index in [4.69, 9.17) is 4.74 Å². The van der Waals surface area contributed by atoms with Gasteiger partial charge in [0.25, 0.3) is 5.91 Å². The molecule has 3 saturated heterocycles. The Morgan fingerprint density at radius 3 is 2.19 bits per heavy atom. The van der Waals surface area contributed by atoms with Crippen molar-refractivity contribution in [1.29, 1.82) is 0 Å². The minimum absolute atomic E-state index is 0.0919. The van der Waals surface area contributed by atoms with Crippen molar-refractivity contribution in [2.45, 2.75) is 71.1 Å². The Bertz CT molecular complexity index is 895. The number of piperazine rings is 1. The highest BCUT2D eigenvalue weighted by Crippen LogP contribution is 2.29. The number of carbonyl (C=O) groups excluding carboxylic acids is 2. The lowest BCUT2D eigenvalue weighted by molar-refractivity contribution is -0.0469. The Kier molecular flexibility index (Phi) is 8.15. The summed E-state index contributed by atoms with van der Waals surface area (Å²) in [6.45, 7) is 14.8. The van der Waals surface area contributed by atoms with Crippen LogP contribution in [0.2, 0.25) is 0 Å². The molecule has 8 nitrogen and oxygen atoms in total. The molecule has 1 N–H and O–H groups in total. The van der Waals surface area contributed by atoms with E-state index in [0.717, 1.165) is 70.8 Å². The Balaban J connectivity index is 1.17. The molecule has 200 valence electrons. The summed E-state index contributed by atoms with van der Waals surface area (Å²) in [7, 11) is 0. The number of anilines is 1. The number of carbonyl (C=O) groups is 2. The molecule has 1 atom stereocenters. The first-order chi connectivity index (χ1) is 17.0. The molecule has 0 aliphatic carbocycles. The van der Waals surface area contributed by atoms with E-state index in [0.29, 0.717) is 24.4 Å². The zero-order valence-electron chi connectivity index (χ0n) is 22.5. The fourth-order valence-electron chi connectivity index (χ4n) is 5.56. The van der Waals surface area contributed by atoms with Gasteiger partial charge in [0, 0.05) is 57.1 Å². The Morgan fingerprint density at radius 2 is 1.64 bits per heavy atom. The maximum atomic E-state index is 12.8. The Labute approximate surface area is 216 Å². The van der Waals surface area contributed by atoms with Crippen molar-refractivity contribution in [3.05, 3.63) is 29.8 Å². The van der Waals surface area contributed by atoms with Crippen LogP contribution in [0.3, 0.4) is 0 Å². The molecular weight excluding hydrogens is 456 g/mol. The third kappa shape index (κ3) is 6.71. The quantitative estimate of drug-likeness (QED) is 0.663. The van der Waals surface area contributed by atoms with E-state index in [-0.39, 0.29) is 12.0 Å². The fraction of sp³-hybridized carbons (Fsp3) is 0.714. The van der Waals surface area contributed by atoms with Crippen LogP contribution >= 0.6 is 0 Å². The third-order valence-corrected chi connectivity index (χ3v) is 7.83. The van der Waals surface area contributed by atoms with E-state index >= 15 is 0 Å². The monoisotopic (exact) mass is 500 g/mol. The number of hydrogen-bond acceptors (Lipinski definition) is 6. The van der Waals surface area contributed by atoms with Crippen LogP contribution < -0.4 is 4.90 Å². The number of ether oxygens (including phenoxy) is 1. The normalized spacial score (nSPS) is 24.3. The Morgan fingerprint density at radius 1 is 1.00 bits per heavy atom. The smallest absolute Gasteiger partial charge is 0.410 e. The SMILES string of the molecule is CC(C)(C)OC(=O)N1CCC(CCN2CCN(c3ccc(C(=O)N4CCCC4(C)O)cc3)CC2)CC1. The average Bonchev–Trinajstić information content (AvgIpc) is 3.21. The number of nitrogens with zero attached hydrogens (tertiary/aromatic N) is 4. The van der Waals surface area contributed by atoms with Gasteiger partial charge in [-0.15, -0.1) is 0 Å². The van der Waals surface area contributed by atoms with Crippen molar-refractivity contribution in [2.24, 2.45) is 5.92 Å². The van der Waals surface area contributed by atoms with Crippen LogP contribution in [0.4, 0.5) is 10.5 Å². The van der Waals surface area contributed by atoms with E-state index in [9.17, 15) is 14.7 Å². The minimum atomic E-state index is -1.04. The molecule has 4 rings (SSSR count). The van der Waals surface area contributed by atoms with Gasteiger partial charge in [0.1, 0.15) is 11.3 Å². The van der Waals surface area contributed by atoms with E-state index in [1.54, 1.807) is 11.8 Å². The van der Waals surface area contributed by atoms with Crippen LogP contribution in [0, 0.1) is 5.92 Å². The number of amides is 2. The number of rotatable bonds is 5. The summed E-state index contributed by atoms with van der Waals surface area (Å²) in [6.07, 6.45) is 4.57. The molecule has 1 aromatic rings. The highest BCUT2D eigenvalue weighted by molar-refractivity contribution is 5.95. The molecule has 0 aromatic heterocycles. The molecule has 3 aliphatic rings. The minimum Gasteiger partial charge on any atom is -0.444 e. The predicted molar refractivity (Wildman–Crippen MR) is 141 cm³/mol. The predicted octanol–water partition coefficient (Wildman–Crippen LogP) is 3.79. The second kappa shape index (κ2) is 11.0. The molecule has 1 unspecified atom stereocenters. The standard InChI is InChI=1S/C28H44N4O4/c1-27(2,3)36-26(34)31-16-11-22(12-17-31)10-15-29-18-20-30(21-19-29)24-8-6-23(7-9-24)25(33)32-14-5-13-28(32,4)35/h6-9,22,35H,5,10-21H2,1-4H3. The molecule has 8 heteroatoms. The fourth-order valence-corrected chi connectivity index (χ4v) is 5.56. The molecule has 0 saturated carbocycles. The van der Waals surface area contributed by atoms with Gasteiger partial charge in [-0.3, -0.25) is 9.69 Å². The van der Waals surface area contributed by atoms with Crippen molar-refractivity contribution >= 4 is 17.7 Å². The molecule has 2 amide bonds. The van der Waals surface area contributed by atoms with Gasteiger partial charge in [0.05, 0.1) is 0 Å². The van der Waals surface area contributed by atoms with Gasteiger partial charge < -0.3 is 24.5 Å². The largest absolute Gasteiger partial charge is 0.444 e. The van der Waals surface area contributed by atoms with Crippen LogP contribution in [0.15, 0.2) is 24.3 Å². The second-order valence-corrected chi connectivity index (χ2v) is 11.9. The maximum Gasteiger partial charge on any atom is 0.410 e. The van der Waals surface area contributed by atoms with E-state index in [1.165, 1.54) is 6.42 Å². The molecule has 36 heavy (non-hydrogen) atoms. The lowest BCUT2D eigenvalue weighted by Gasteiger charge is -2.38. The van der Waals surface area contributed by atoms with Crippen LogP contribution in [0.5, 0.6) is 0 Å². The summed E-state index contributed by atoms with van der Waals surface area (Å²) >= 11 is 0. The number of hydrogen-bond donors (Lipinski definition) is 1. The molecule has 3 fully saturated rings. The van der Waals surface area contributed by atoms with Crippen molar-refractivity contribution in [3.63, 3.8) is 0 Å². The zero-order chi connectivity index (χ0) is 25.9. The molecular formula is C28H44N4O4. The zero-order valence-corrected chi connectivity index (χ0v) is 22.5. The van der Waals surface area contributed by atoms with Gasteiger partial charge in [-0.05, 0) is 96.5 Å². The highest BCUT2D eigenvalue weighted by atomic mass is 16.6. The highest BCUT2D eigenvalue weighted by Gasteiger charge is 2.38. The van der Waals surface area contributed by atoms with E-state index in [1.807, 2.05) is 49.9 Å². The van der Waals surface area contributed by atoms with Crippen molar-refractivity contribution in [1.82, 2.24) is 14.7 Å². The van der Waals surface area contributed by atoms with Crippen LogP contribution in [-0.2, 0) is 4.74 Å². The molecule has 1 aromatic carbocycles. The first-order valence-electron chi connectivity index (χ1n) is 13.6. The first-order valence-corrected chi connectivity index (χ1v) is 13.6. The van der Waals surface area contributed by atoms with E-state index in [2.05, 4.69) is 9.80 Å². The topological polar surface area (TPSA) is 76.6 Å². The summed E-state index contributed by atoms with van der Waals surface area (Å²) in [4.78, 5) is 33.5. The Hall–Kier alpha value is -2.32. The third-order valence-electron chi connectivity index (χ3n) is 7.83. The summed E-state index contributed by atoms with van der Waals surface area (Å²) in [6, 6.07) is 7.85. The molecule has 0 radical (unpaired) electrons. The van der Waals surface area contributed by atoms with Crippen molar-refractivity contribution in [2.75, 3.05) is 57.3 Å². The van der Waals surface area contributed by atoms with E-state index < -0.39 is 11.3 Å². The summed E-state index contributed by atoms with van der Waals surface area (Å²) in [5, 5.41) is 10.4. The van der Waals surface area contributed by atoms with Crippen LogP contribution in [0.25, 0.3) is 0 Å². The maximum absolute atomic E-state index is 12.8. The lowest BCUT2D eigenvalue weighted by Crippen LogP contribution is -2.47. The second-order valence-electron chi connectivity index (χ2n) is 11.9. The first kappa shape index (κ1) is 26.7. The van der Waals surface area contributed by atoms with Crippen LogP contribution in [0.1, 0.15) is 70.2 Å². The number of benzene rings is 1. The molecule has 3 aliphatic heterocycles. The molecule has 0 bridgehead atoms. The van der Waals surface area contributed by atoms with Gasteiger partial charge in [-0.1, -0.05) is 0 Å². The molecule has 0 spiro atoms. The van der Waals surface area contributed by atoms with Gasteiger partial charge in [0.2, 0.25) is 0 Å². The average molecular weight is 501 g/mol. The van der Waals surface area contributed by atoms with Gasteiger partial charge in [-0.25, -0.2) is 4.79 Å². The van der Waals surface area contributed by atoms with Gasteiger partial charge >= 0.3 is 6.09 Å². The number of aliphatic hydroxyl groups is 1. The van der Waals surface area contributed by atoms with Crippen molar-refractivity contribution in [3.8, 4) is 0 Å². The number of piperidine rings is 1. The van der Waals surface area contributed by atoms with Crippen molar-refractivity contribution < 1.29 is 19.4 Å². The molecule has 3 heterocycles. The summed E-state index contributed by atoms with van der Waals surface area (Å²) < 4.78 is 5.51. The number of likely N-dealkylation sites (tertiary alicyclic amines) is 2. The lowest BCUT2D eigenvalue weighted by atomic mass is 9.93. The summed E-state index contributed by atoms with van der Waals surface area (Å²) in [5.41, 5.74) is 0.304. The van der Waals surface area contributed by atoms with Gasteiger partial charge in [-0.2, -0.15) is 0 Å². The summed E-state index contributed by atoms with van der Waals surface area (Å²) in [5.74, 6) is 0.578. The van der Waals surface area contributed by atoms with Crippen LogP contribution in [-0.4, -0.2) is 95.5 Å².